The predicted octanol–water partition coefficient (Wildman–Crippen LogP) is 6.19. The molecular weight excluding hydrogens is 387 g/mol. The number of ether oxygens (including phenoxy) is 1. The van der Waals surface area contributed by atoms with Gasteiger partial charge in [0.1, 0.15) is 5.75 Å². The molecule has 3 rings (SSSR count). The Morgan fingerprint density at radius 3 is 2.52 bits per heavy atom. The zero-order valence-electron chi connectivity index (χ0n) is 14.2. The molecular formula is C21H16ClFO3S. The number of benzene rings is 3. The van der Waals surface area contributed by atoms with E-state index < -0.39 is 11.8 Å². The van der Waals surface area contributed by atoms with E-state index >= 15 is 0 Å². The lowest BCUT2D eigenvalue weighted by Gasteiger charge is -2.10. The van der Waals surface area contributed by atoms with Gasteiger partial charge in [-0.15, -0.1) is 11.8 Å². The Morgan fingerprint density at radius 1 is 1.04 bits per heavy atom. The van der Waals surface area contributed by atoms with Gasteiger partial charge in [0.25, 0.3) is 0 Å². The summed E-state index contributed by atoms with van der Waals surface area (Å²) in [4.78, 5) is 11.7. The van der Waals surface area contributed by atoms with E-state index in [-0.39, 0.29) is 12.2 Å². The van der Waals surface area contributed by atoms with Gasteiger partial charge >= 0.3 is 5.97 Å². The fourth-order valence-corrected chi connectivity index (χ4v) is 3.60. The highest BCUT2D eigenvalue weighted by atomic mass is 35.5. The lowest BCUT2D eigenvalue weighted by atomic mass is 10.1. The maximum atomic E-state index is 14.4. The van der Waals surface area contributed by atoms with E-state index in [1.807, 2.05) is 30.3 Å². The molecule has 3 aromatic rings. The van der Waals surface area contributed by atoms with Gasteiger partial charge in [-0.05, 0) is 47.5 Å². The van der Waals surface area contributed by atoms with Gasteiger partial charge in [-0.3, -0.25) is 4.79 Å². The van der Waals surface area contributed by atoms with Gasteiger partial charge in [-0.25, -0.2) is 4.39 Å². The number of hydrogen-bond acceptors (Lipinski definition) is 3. The SMILES string of the molecule is O=C(O)Cc1cc(Cl)cc(Oc2ccc(SCc3ccccc3)cc2F)c1. The van der Waals surface area contributed by atoms with Crippen molar-refractivity contribution in [2.75, 3.05) is 0 Å². The fourth-order valence-electron chi connectivity index (χ4n) is 2.48. The van der Waals surface area contributed by atoms with Gasteiger partial charge in [-0.1, -0.05) is 41.9 Å². The normalized spacial score (nSPS) is 10.6. The summed E-state index contributed by atoms with van der Waals surface area (Å²) in [7, 11) is 0. The third-order valence-electron chi connectivity index (χ3n) is 3.67. The summed E-state index contributed by atoms with van der Waals surface area (Å²) in [5, 5.41) is 9.23. The van der Waals surface area contributed by atoms with Crippen molar-refractivity contribution in [2.45, 2.75) is 17.1 Å². The first kappa shape index (κ1) is 19.3. The molecule has 0 aliphatic carbocycles. The molecule has 3 nitrogen and oxygen atoms in total. The van der Waals surface area contributed by atoms with Gasteiger partial charge in [0.15, 0.2) is 11.6 Å². The van der Waals surface area contributed by atoms with Crippen LogP contribution in [-0.4, -0.2) is 11.1 Å². The van der Waals surface area contributed by atoms with E-state index in [2.05, 4.69) is 0 Å². The fraction of sp³-hybridized carbons (Fsp3) is 0.0952. The van der Waals surface area contributed by atoms with Gasteiger partial charge < -0.3 is 9.84 Å². The maximum absolute atomic E-state index is 14.4. The Balaban J connectivity index is 1.71. The summed E-state index contributed by atoms with van der Waals surface area (Å²) in [6.07, 6.45) is -0.186. The molecule has 0 bridgehead atoms. The van der Waals surface area contributed by atoms with Crippen LogP contribution >= 0.6 is 23.4 Å². The Morgan fingerprint density at radius 2 is 1.81 bits per heavy atom. The van der Waals surface area contributed by atoms with Crippen molar-refractivity contribution in [1.29, 1.82) is 0 Å². The first-order valence-electron chi connectivity index (χ1n) is 8.15. The number of rotatable bonds is 7. The smallest absolute Gasteiger partial charge is 0.307 e. The summed E-state index contributed by atoms with van der Waals surface area (Å²) in [6, 6.07) is 19.3. The topological polar surface area (TPSA) is 46.5 Å². The molecule has 0 saturated carbocycles. The van der Waals surface area contributed by atoms with Gasteiger partial charge in [0.05, 0.1) is 6.42 Å². The molecule has 0 radical (unpaired) electrons. The number of aliphatic carboxylic acids is 1. The van der Waals surface area contributed by atoms with Gasteiger partial charge in [-0.2, -0.15) is 0 Å². The standard InChI is InChI=1S/C21H16ClFO3S/c22-16-8-15(10-21(24)25)9-17(11-16)26-20-7-6-18(12-19(20)23)27-13-14-4-2-1-3-5-14/h1-9,11-12H,10,13H2,(H,24,25). The molecule has 0 saturated heterocycles. The van der Waals surface area contributed by atoms with Crippen molar-refractivity contribution < 1.29 is 19.0 Å². The zero-order valence-corrected chi connectivity index (χ0v) is 15.8. The van der Waals surface area contributed by atoms with Crippen LogP contribution in [0.1, 0.15) is 11.1 Å². The summed E-state index contributed by atoms with van der Waals surface area (Å²) < 4.78 is 20.0. The highest BCUT2D eigenvalue weighted by Crippen LogP contribution is 2.31. The molecule has 0 spiro atoms. The van der Waals surface area contributed by atoms with Crippen LogP contribution in [0.5, 0.6) is 11.5 Å². The molecule has 0 amide bonds. The van der Waals surface area contributed by atoms with Gasteiger partial charge in [0, 0.05) is 15.7 Å². The Labute approximate surface area is 165 Å². The van der Waals surface area contributed by atoms with Crippen LogP contribution in [0.25, 0.3) is 0 Å². The average molecular weight is 403 g/mol. The summed E-state index contributed by atoms with van der Waals surface area (Å²) >= 11 is 7.53. The quantitative estimate of drug-likeness (QED) is 0.478. The number of thioether (sulfide) groups is 1. The van der Waals surface area contributed by atoms with Crippen molar-refractivity contribution in [2.24, 2.45) is 0 Å². The molecule has 6 heteroatoms. The largest absolute Gasteiger partial charge is 0.481 e. The third-order valence-corrected chi connectivity index (χ3v) is 4.95. The van der Waals surface area contributed by atoms with Crippen LogP contribution in [-0.2, 0) is 17.0 Å². The van der Waals surface area contributed by atoms with Crippen LogP contribution in [0.4, 0.5) is 4.39 Å². The van der Waals surface area contributed by atoms with Crippen molar-refractivity contribution in [1.82, 2.24) is 0 Å². The first-order valence-corrected chi connectivity index (χ1v) is 9.51. The summed E-state index contributed by atoms with van der Waals surface area (Å²) in [6.45, 7) is 0. The molecule has 0 heterocycles. The minimum Gasteiger partial charge on any atom is -0.481 e. The van der Waals surface area contributed by atoms with Crippen molar-refractivity contribution in [3.05, 3.63) is 88.7 Å². The summed E-state index contributed by atoms with van der Waals surface area (Å²) in [5.41, 5.74) is 1.65. The second kappa shape index (κ2) is 8.93. The minimum atomic E-state index is -0.978. The molecule has 0 atom stereocenters. The van der Waals surface area contributed by atoms with E-state index in [0.29, 0.717) is 16.3 Å². The Hall–Kier alpha value is -2.50. The lowest BCUT2D eigenvalue weighted by molar-refractivity contribution is -0.136. The predicted molar refractivity (Wildman–Crippen MR) is 105 cm³/mol. The Bertz CT molecular complexity index is 947. The highest BCUT2D eigenvalue weighted by Gasteiger charge is 2.10. The molecule has 0 aromatic heterocycles. The van der Waals surface area contributed by atoms with E-state index in [9.17, 15) is 9.18 Å². The average Bonchev–Trinajstić information content (AvgIpc) is 2.62. The van der Waals surface area contributed by atoms with Crippen LogP contribution in [0, 0.1) is 5.82 Å². The monoisotopic (exact) mass is 402 g/mol. The van der Waals surface area contributed by atoms with Crippen LogP contribution in [0.15, 0.2) is 71.6 Å². The molecule has 3 aromatic carbocycles. The number of halogens is 2. The number of carboxylic acid groups (broad SMARTS) is 1. The number of carbonyl (C=O) groups is 1. The summed E-state index contributed by atoms with van der Waals surface area (Å²) in [5.74, 6) is -0.375. The molecule has 0 fully saturated rings. The molecule has 138 valence electrons. The van der Waals surface area contributed by atoms with Crippen molar-refractivity contribution >= 4 is 29.3 Å². The third kappa shape index (κ3) is 5.74. The second-order valence-electron chi connectivity index (χ2n) is 5.83. The van der Waals surface area contributed by atoms with Crippen LogP contribution in [0.2, 0.25) is 5.02 Å². The number of hydrogen-bond donors (Lipinski definition) is 1. The highest BCUT2D eigenvalue weighted by molar-refractivity contribution is 7.98. The molecule has 0 aliphatic heterocycles. The van der Waals surface area contributed by atoms with Crippen molar-refractivity contribution in [3.63, 3.8) is 0 Å². The first-order chi connectivity index (χ1) is 13.0. The van der Waals surface area contributed by atoms with E-state index in [1.165, 1.54) is 30.0 Å². The lowest BCUT2D eigenvalue weighted by Crippen LogP contribution is -2.00. The number of carboxylic acids is 1. The van der Waals surface area contributed by atoms with E-state index in [4.69, 9.17) is 21.4 Å². The maximum Gasteiger partial charge on any atom is 0.307 e. The molecule has 1 N–H and O–H groups in total. The molecule has 0 aliphatic rings. The zero-order chi connectivity index (χ0) is 19.2. The van der Waals surface area contributed by atoms with Gasteiger partial charge in [0.2, 0.25) is 0 Å². The van der Waals surface area contributed by atoms with Crippen LogP contribution < -0.4 is 4.74 Å². The van der Waals surface area contributed by atoms with E-state index in [1.54, 1.807) is 18.2 Å². The molecule has 0 unspecified atom stereocenters. The van der Waals surface area contributed by atoms with Crippen LogP contribution in [0.3, 0.4) is 0 Å². The van der Waals surface area contributed by atoms with Crippen molar-refractivity contribution in [3.8, 4) is 11.5 Å². The van der Waals surface area contributed by atoms with E-state index in [0.717, 1.165) is 16.2 Å². The minimum absolute atomic E-state index is 0.0580. The molecule has 27 heavy (non-hydrogen) atoms. The second-order valence-corrected chi connectivity index (χ2v) is 7.32. The Kier molecular flexibility index (Phi) is 6.37.